The van der Waals surface area contributed by atoms with Crippen LogP contribution in [0.3, 0.4) is 0 Å². The highest BCUT2D eigenvalue weighted by Crippen LogP contribution is 2.27. The van der Waals surface area contributed by atoms with Crippen molar-refractivity contribution >= 4 is 0 Å². The van der Waals surface area contributed by atoms with E-state index in [1.165, 1.54) is 0 Å². The number of hydrogen-bond acceptors (Lipinski definition) is 9. The van der Waals surface area contributed by atoms with Crippen LogP contribution in [-0.4, -0.2) is 93.1 Å². The third-order valence-corrected chi connectivity index (χ3v) is 3.73. The summed E-state index contributed by atoms with van der Waals surface area (Å²) in [5.74, 6) is 0. The summed E-state index contributed by atoms with van der Waals surface area (Å²) in [5, 5.41) is 56.9. The predicted octanol–water partition coefficient (Wildman–Crippen LogP) is -3.34. The fourth-order valence-electron chi connectivity index (χ4n) is 2.49. The van der Waals surface area contributed by atoms with Gasteiger partial charge in [0.25, 0.3) is 0 Å². The first kappa shape index (κ1) is 17.0. The van der Waals surface area contributed by atoms with Crippen molar-refractivity contribution < 1.29 is 44.8 Å². The van der Waals surface area contributed by atoms with Crippen molar-refractivity contribution in [2.75, 3.05) is 13.2 Å². The van der Waals surface area contributed by atoms with Gasteiger partial charge in [-0.3, -0.25) is 0 Å². The molecule has 0 saturated carbocycles. The smallest absolute Gasteiger partial charge is 0.184 e. The summed E-state index contributed by atoms with van der Waals surface area (Å²) in [7, 11) is 0. The molecule has 124 valence electrons. The van der Waals surface area contributed by atoms with Crippen LogP contribution in [-0.2, 0) is 14.2 Å². The maximum absolute atomic E-state index is 9.84. The van der Waals surface area contributed by atoms with Crippen molar-refractivity contribution in [1.29, 1.82) is 0 Å². The van der Waals surface area contributed by atoms with Crippen molar-refractivity contribution in [2.24, 2.45) is 0 Å². The summed E-state index contributed by atoms with van der Waals surface area (Å²) >= 11 is 0. The average Bonchev–Trinajstić information content (AvgIpc) is 2.46. The third-order valence-electron chi connectivity index (χ3n) is 3.73. The minimum Gasteiger partial charge on any atom is -0.394 e. The van der Waals surface area contributed by atoms with E-state index in [1.54, 1.807) is 0 Å². The summed E-state index contributed by atoms with van der Waals surface area (Å²) in [6, 6.07) is 0. The van der Waals surface area contributed by atoms with Gasteiger partial charge in [-0.25, -0.2) is 0 Å². The lowest BCUT2D eigenvalue weighted by Crippen LogP contribution is -2.55. The van der Waals surface area contributed by atoms with Gasteiger partial charge in [0.15, 0.2) is 12.6 Å². The molecule has 2 rings (SSSR count). The SMILES string of the molecule is OCC1CC(O[C@H]2OC(CO)[C@@H](O)CC2O)C(O)C(O)O1. The molecule has 6 unspecified atom stereocenters. The second kappa shape index (κ2) is 7.27. The highest BCUT2D eigenvalue weighted by molar-refractivity contribution is 4.85. The number of ether oxygens (including phenoxy) is 3. The molecule has 0 radical (unpaired) electrons. The van der Waals surface area contributed by atoms with Crippen molar-refractivity contribution in [1.82, 2.24) is 0 Å². The van der Waals surface area contributed by atoms with Gasteiger partial charge in [-0.2, -0.15) is 0 Å². The molecule has 9 heteroatoms. The zero-order valence-corrected chi connectivity index (χ0v) is 11.4. The first-order valence-electron chi connectivity index (χ1n) is 6.86. The van der Waals surface area contributed by atoms with E-state index in [4.69, 9.17) is 24.4 Å². The van der Waals surface area contributed by atoms with Gasteiger partial charge in [-0.15, -0.1) is 0 Å². The Labute approximate surface area is 121 Å². The predicted molar refractivity (Wildman–Crippen MR) is 65.8 cm³/mol. The molecule has 0 amide bonds. The molecule has 2 aliphatic heterocycles. The van der Waals surface area contributed by atoms with E-state index in [0.717, 1.165) is 0 Å². The van der Waals surface area contributed by atoms with E-state index >= 15 is 0 Å². The topological polar surface area (TPSA) is 149 Å². The van der Waals surface area contributed by atoms with E-state index in [2.05, 4.69) is 0 Å². The molecular weight excluding hydrogens is 288 g/mol. The van der Waals surface area contributed by atoms with Gasteiger partial charge < -0.3 is 44.8 Å². The maximum Gasteiger partial charge on any atom is 0.184 e. The van der Waals surface area contributed by atoms with E-state index in [9.17, 15) is 20.4 Å². The van der Waals surface area contributed by atoms with E-state index in [0.29, 0.717) is 0 Å². The van der Waals surface area contributed by atoms with Crippen LogP contribution in [0.4, 0.5) is 0 Å². The van der Waals surface area contributed by atoms with Crippen molar-refractivity contribution in [3.63, 3.8) is 0 Å². The summed E-state index contributed by atoms with van der Waals surface area (Å²) in [6.07, 6.45) is -8.63. The van der Waals surface area contributed by atoms with Gasteiger partial charge in [-0.05, 0) is 0 Å². The van der Waals surface area contributed by atoms with Crippen LogP contribution < -0.4 is 0 Å². The Kier molecular flexibility index (Phi) is 5.88. The summed E-state index contributed by atoms with van der Waals surface area (Å²) in [6.45, 7) is -0.790. The molecule has 0 aromatic rings. The van der Waals surface area contributed by atoms with Crippen molar-refractivity contribution in [3.05, 3.63) is 0 Å². The summed E-state index contributed by atoms with van der Waals surface area (Å²) in [4.78, 5) is 0. The Balaban J connectivity index is 1.98. The molecule has 6 N–H and O–H groups in total. The maximum atomic E-state index is 9.84. The molecule has 2 saturated heterocycles. The van der Waals surface area contributed by atoms with Crippen molar-refractivity contribution in [3.8, 4) is 0 Å². The Bertz CT molecular complexity index is 328. The zero-order chi connectivity index (χ0) is 15.6. The highest BCUT2D eigenvalue weighted by atomic mass is 16.7. The number of aliphatic hydroxyl groups excluding tert-OH is 6. The Morgan fingerprint density at radius 3 is 2.24 bits per heavy atom. The van der Waals surface area contributed by atoms with E-state index < -0.39 is 55.8 Å². The fourth-order valence-corrected chi connectivity index (χ4v) is 2.49. The van der Waals surface area contributed by atoms with Crippen LogP contribution >= 0.6 is 0 Å². The lowest BCUT2D eigenvalue weighted by Gasteiger charge is -2.41. The fraction of sp³-hybridized carbons (Fsp3) is 1.00. The third kappa shape index (κ3) is 3.89. The molecule has 0 aliphatic carbocycles. The van der Waals surface area contributed by atoms with Crippen LogP contribution in [0.15, 0.2) is 0 Å². The standard InChI is InChI=1S/C12H22O9/c13-3-5-1-8(10(17)11(18)19-5)20-12-7(16)2-6(15)9(4-14)21-12/h5-18H,1-4H2/t5?,6-,7?,8?,9?,10?,11?,12-/m0/s1. The summed E-state index contributed by atoms with van der Waals surface area (Å²) < 4.78 is 15.6. The minimum atomic E-state index is -1.51. The second-order valence-corrected chi connectivity index (χ2v) is 5.33. The molecule has 0 aromatic carbocycles. The first-order chi connectivity index (χ1) is 9.96. The van der Waals surface area contributed by atoms with Crippen LogP contribution in [0.25, 0.3) is 0 Å². The molecule has 2 fully saturated rings. The van der Waals surface area contributed by atoms with Gasteiger partial charge in [0.2, 0.25) is 0 Å². The monoisotopic (exact) mass is 310 g/mol. The highest BCUT2D eigenvalue weighted by Gasteiger charge is 2.43. The lowest BCUT2D eigenvalue weighted by atomic mass is 10.0. The number of aliphatic hydroxyl groups is 6. The van der Waals surface area contributed by atoms with E-state index in [-0.39, 0.29) is 19.4 Å². The normalized spacial score (nSPS) is 48.3. The largest absolute Gasteiger partial charge is 0.394 e. The molecule has 21 heavy (non-hydrogen) atoms. The van der Waals surface area contributed by atoms with Crippen LogP contribution in [0.2, 0.25) is 0 Å². The molecule has 0 aromatic heterocycles. The molecule has 2 aliphatic rings. The number of hydrogen-bond donors (Lipinski definition) is 6. The molecular formula is C12H22O9. The van der Waals surface area contributed by atoms with Gasteiger partial charge in [0.05, 0.1) is 31.5 Å². The summed E-state index contributed by atoms with van der Waals surface area (Å²) in [5.41, 5.74) is 0. The molecule has 9 nitrogen and oxygen atoms in total. The van der Waals surface area contributed by atoms with Crippen LogP contribution in [0, 0.1) is 0 Å². The van der Waals surface area contributed by atoms with Crippen molar-refractivity contribution in [2.45, 2.75) is 62.0 Å². The van der Waals surface area contributed by atoms with Crippen LogP contribution in [0.5, 0.6) is 0 Å². The molecule has 2 heterocycles. The average molecular weight is 310 g/mol. The molecule has 0 spiro atoms. The van der Waals surface area contributed by atoms with Gasteiger partial charge in [0, 0.05) is 12.8 Å². The Hall–Kier alpha value is -0.360. The van der Waals surface area contributed by atoms with Gasteiger partial charge >= 0.3 is 0 Å². The van der Waals surface area contributed by atoms with Gasteiger partial charge in [-0.1, -0.05) is 0 Å². The minimum absolute atomic E-state index is 0.0405. The number of rotatable bonds is 4. The Morgan fingerprint density at radius 2 is 1.62 bits per heavy atom. The first-order valence-corrected chi connectivity index (χ1v) is 6.86. The molecule has 8 atom stereocenters. The Morgan fingerprint density at radius 1 is 0.905 bits per heavy atom. The van der Waals surface area contributed by atoms with Crippen LogP contribution in [0.1, 0.15) is 12.8 Å². The zero-order valence-electron chi connectivity index (χ0n) is 11.4. The molecule has 0 bridgehead atoms. The van der Waals surface area contributed by atoms with Gasteiger partial charge in [0.1, 0.15) is 18.3 Å². The quantitative estimate of drug-likeness (QED) is 0.313. The second-order valence-electron chi connectivity index (χ2n) is 5.33. The lowest BCUT2D eigenvalue weighted by molar-refractivity contribution is -0.323. The van der Waals surface area contributed by atoms with E-state index in [1.807, 2.05) is 0 Å².